The summed E-state index contributed by atoms with van der Waals surface area (Å²) in [7, 11) is 0. The van der Waals surface area contributed by atoms with Crippen molar-refractivity contribution in [1.29, 1.82) is 0 Å². The molecule has 3 heteroatoms. The SMILES string of the molecule is CCCCCc1ccc(/C=C/c2ccc(-c3ccc(-c4ccc(CCC)cc4)c(F)c3F)cc2)cc1F. The molecule has 0 unspecified atom stereocenters. The highest BCUT2D eigenvalue weighted by molar-refractivity contribution is 5.74. The number of hydrogen-bond acceptors (Lipinski definition) is 0. The summed E-state index contributed by atoms with van der Waals surface area (Å²) in [6.45, 7) is 4.24. The highest BCUT2D eigenvalue weighted by Crippen LogP contribution is 2.32. The summed E-state index contributed by atoms with van der Waals surface area (Å²) in [6.07, 6.45) is 9.71. The predicted octanol–water partition coefficient (Wildman–Crippen LogP) is 10.3. The molecule has 0 bridgehead atoms. The van der Waals surface area contributed by atoms with Crippen molar-refractivity contribution < 1.29 is 13.2 Å². The third-order valence-corrected chi connectivity index (χ3v) is 6.70. The van der Waals surface area contributed by atoms with Crippen LogP contribution in [0.3, 0.4) is 0 Å². The minimum absolute atomic E-state index is 0.175. The quantitative estimate of drug-likeness (QED) is 0.151. The van der Waals surface area contributed by atoms with E-state index in [1.54, 1.807) is 30.3 Å². The summed E-state index contributed by atoms with van der Waals surface area (Å²) in [6, 6.07) is 23.5. The van der Waals surface area contributed by atoms with Crippen molar-refractivity contribution in [2.75, 3.05) is 0 Å². The first-order valence-electron chi connectivity index (χ1n) is 13.1. The van der Waals surface area contributed by atoms with Gasteiger partial charge in [0, 0.05) is 11.1 Å². The second-order valence-electron chi connectivity index (χ2n) is 9.50. The third kappa shape index (κ3) is 6.60. The van der Waals surface area contributed by atoms with E-state index in [0.29, 0.717) is 11.1 Å². The molecule has 0 aliphatic carbocycles. The number of benzene rings is 4. The largest absolute Gasteiger partial charge is 0.207 e. The Hall–Kier alpha value is -3.59. The number of aryl methyl sites for hydroxylation is 2. The Bertz CT molecular complexity index is 1350. The second-order valence-corrected chi connectivity index (χ2v) is 9.50. The molecule has 0 amide bonds. The van der Waals surface area contributed by atoms with E-state index in [0.717, 1.165) is 55.2 Å². The Balaban J connectivity index is 1.48. The topological polar surface area (TPSA) is 0 Å². The molecule has 0 saturated heterocycles. The van der Waals surface area contributed by atoms with Gasteiger partial charge in [0.25, 0.3) is 0 Å². The van der Waals surface area contributed by atoms with E-state index in [-0.39, 0.29) is 16.9 Å². The van der Waals surface area contributed by atoms with Crippen molar-refractivity contribution in [1.82, 2.24) is 0 Å². The molecular formula is C34H33F3. The van der Waals surface area contributed by atoms with Crippen LogP contribution in [0.15, 0.2) is 78.9 Å². The molecule has 0 aliphatic rings. The molecule has 37 heavy (non-hydrogen) atoms. The predicted molar refractivity (Wildman–Crippen MR) is 150 cm³/mol. The summed E-state index contributed by atoms with van der Waals surface area (Å²) in [5, 5.41) is 0. The zero-order valence-electron chi connectivity index (χ0n) is 21.5. The van der Waals surface area contributed by atoms with E-state index in [2.05, 4.69) is 13.8 Å². The molecule has 0 aromatic heterocycles. The Morgan fingerprint density at radius 2 is 1.14 bits per heavy atom. The van der Waals surface area contributed by atoms with Gasteiger partial charge in [0.1, 0.15) is 5.82 Å². The van der Waals surface area contributed by atoms with E-state index < -0.39 is 11.6 Å². The lowest BCUT2D eigenvalue weighted by Crippen LogP contribution is -1.94. The van der Waals surface area contributed by atoms with Gasteiger partial charge in [0.15, 0.2) is 11.6 Å². The third-order valence-electron chi connectivity index (χ3n) is 6.70. The standard InChI is InChI=1S/C34H33F3/c1-3-5-6-8-29-20-15-26(23-32(29)35)10-9-25-13-18-28(19-14-25)31-22-21-30(33(36)34(31)37)27-16-11-24(7-4-2)12-17-27/h9-23H,3-8H2,1-2H3/b10-9+. The van der Waals surface area contributed by atoms with Gasteiger partial charge < -0.3 is 0 Å². The minimum Gasteiger partial charge on any atom is -0.207 e. The first-order chi connectivity index (χ1) is 18.0. The maximum Gasteiger partial charge on any atom is 0.167 e. The monoisotopic (exact) mass is 498 g/mol. The normalized spacial score (nSPS) is 11.4. The van der Waals surface area contributed by atoms with E-state index in [4.69, 9.17) is 0 Å². The summed E-state index contributed by atoms with van der Waals surface area (Å²) >= 11 is 0. The molecule has 0 fully saturated rings. The zero-order valence-corrected chi connectivity index (χ0v) is 21.5. The van der Waals surface area contributed by atoms with Gasteiger partial charge in [-0.25, -0.2) is 13.2 Å². The van der Waals surface area contributed by atoms with Crippen LogP contribution in [0.2, 0.25) is 0 Å². The van der Waals surface area contributed by atoms with Gasteiger partial charge in [-0.1, -0.05) is 118 Å². The smallest absolute Gasteiger partial charge is 0.167 e. The molecule has 0 heterocycles. The van der Waals surface area contributed by atoms with Gasteiger partial charge in [0.05, 0.1) is 0 Å². The maximum absolute atomic E-state index is 15.0. The van der Waals surface area contributed by atoms with Crippen LogP contribution in [0, 0.1) is 17.5 Å². The van der Waals surface area contributed by atoms with Gasteiger partial charge in [0.2, 0.25) is 0 Å². The van der Waals surface area contributed by atoms with Crippen molar-refractivity contribution in [2.45, 2.75) is 52.4 Å². The van der Waals surface area contributed by atoms with Gasteiger partial charge in [-0.2, -0.15) is 0 Å². The summed E-state index contributed by atoms with van der Waals surface area (Å²) < 4.78 is 44.4. The van der Waals surface area contributed by atoms with E-state index >= 15 is 8.78 Å². The number of rotatable bonds is 10. The van der Waals surface area contributed by atoms with Crippen LogP contribution < -0.4 is 0 Å². The fourth-order valence-corrected chi connectivity index (χ4v) is 4.54. The molecule has 0 N–H and O–H groups in total. The van der Waals surface area contributed by atoms with Crippen LogP contribution in [0.1, 0.15) is 61.8 Å². The van der Waals surface area contributed by atoms with Crippen molar-refractivity contribution in [3.63, 3.8) is 0 Å². The molecular weight excluding hydrogens is 465 g/mol. The van der Waals surface area contributed by atoms with Crippen molar-refractivity contribution >= 4 is 12.2 Å². The van der Waals surface area contributed by atoms with Gasteiger partial charge >= 0.3 is 0 Å². The second kappa shape index (κ2) is 12.6. The van der Waals surface area contributed by atoms with Crippen LogP contribution in [0.4, 0.5) is 13.2 Å². The summed E-state index contributed by atoms with van der Waals surface area (Å²) in [5.41, 5.74) is 5.35. The zero-order chi connectivity index (χ0) is 26.2. The van der Waals surface area contributed by atoms with Gasteiger partial charge in [-0.05, 0) is 58.7 Å². The molecule has 0 aliphatic heterocycles. The lowest BCUT2D eigenvalue weighted by Gasteiger charge is -2.10. The summed E-state index contributed by atoms with van der Waals surface area (Å²) in [5.74, 6) is -1.87. The van der Waals surface area contributed by atoms with E-state index in [1.165, 1.54) is 5.56 Å². The first-order valence-corrected chi connectivity index (χ1v) is 13.1. The minimum atomic E-state index is -0.854. The van der Waals surface area contributed by atoms with Crippen molar-refractivity contribution in [3.8, 4) is 22.3 Å². The highest BCUT2D eigenvalue weighted by Gasteiger charge is 2.16. The lowest BCUT2D eigenvalue weighted by molar-refractivity contribution is 0.514. The molecule has 4 rings (SSSR count). The average molecular weight is 499 g/mol. The highest BCUT2D eigenvalue weighted by atomic mass is 19.2. The lowest BCUT2D eigenvalue weighted by atomic mass is 9.97. The number of hydrogen-bond donors (Lipinski definition) is 0. The van der Waals surface area contributed by atoms with Crippen LogP contribution >= 0.6 is 0 Å². The molecule has 0 radical (unpaired) electrons. The Morgan fingerprint density at radius 1 is 0.568 bits per heavy atom. The fraction of sp³-hybridized carbons (Fsp3) is 0.235. The Kier molecular flexibility index (Phi) is 9.00. The fourth-order valence-electron chi connectivity index (χ4n) is 4.54. The first kappa shape index (κ1) is 26.5. The molecule has 0 spiro atoms. The van der Waals surface area contributed by atoms with Crippen molar-refractivity contribution in [3.05, 3.63) is 119 Å². The average Bonchev–Trinajstić information content (AvgIpc) is 2.91. The molecule has 4 aromatic carbocycles. The van der Waals surface area contributed by atoms with E-state index in [1.807, 2.05) is 60.7 Å². The molecule has 0 nitrogen and oxygen atoms in total. The maximum atomic E-state index is 15.0. The molecule has 4 aromatic rings. The van der Waals surface area contributed by atoms with Crippen LogP contribution in [0.5, 0.6) is 0 Å². The van der Waals surface area contributed by atoms with Gasteiger partial charge in [-0.3, -0.25) is 0 Å². The summed E-state index contributed by atoms with van der Waals surface area (Å²) in [4.78, 5) is 0. The van der Waals surface area contributed by atoms with Crippen LogP contribution in [-0.2, 0) is 12.8 Å². The van der Waals surface area contributed by atoms with Crippen LogP contribution in [-0.4, -0.2) is 0 Å². The Morgan fingerprint density at radius 3 is 1.70 bits per heavy atom. The molecule has 190 valence electrons. The van der Waals surface area contributed by atoms with Crippen LogP contribution in [0.25, 0.3) is 34.4 Å². The molecule has 0 atom stereocenters. The van der Waals surface area contributed by atoms with Gasteiger partial charge in [-0.15, -0.1) is 0 Å². The number of halogens is 3. The molecule has 0 saturated carbocycles. The Labute approximate surface area is 218 Å². The number of unbranched alkanes of at least 4 members (excludes halogenated alkanes) is 2. The van der Waals surface area contributed by atoms with Crippen molar-refractivity contribution in [2.24, 2.45) is 0 Å². The van der Waals surface area contributed by atoms with E-state index in [9.17, 15) is 4.39 Å².